The summed E-state index contributed by atoms with van der Waals surface area (Å²) in [5.74, 6) is 2.16. The summed E-state index contributed by atoms with van der Waals surface area (Å²) in [7, 11) is 0. The van der Waals surface area contributed by atoms with Gasteiger partial charge in [0.2, 0.25) is 8.77 Å². The van der Waals surface area contributed by atoms with Crippen molar-refractivity contribution in [3.63, 3.8) is 0 Å². The van der Waals surface area contributed by atoms with Gasteiger partial charge in [0.25, 0.3) is 0 Å². The maximum Gasteiger partial charge on any atom is 0.220 e. The number of hydrogen-bond donors (Lipinski definition) is 1. The van der Waals surface area contributed by atoms with Crippen molar-refractivity contribution in [1.82, 2.24) is 0 Å². The molecule has 2 heterocycles. The first kappa shape index (κ1) is 32.5. The molecule has 5 unspecified atom stereocenters. The van der Waals surface area contributed by atoms with Gasteiger partial charge in [-0.15, -0.1) is 0 Å². The predicted octanol–water partition coefficient (Wildman–Crippen LogP) is 5.84. The number of hydrogen-bond acceptors (Lipinski definition) is 10. The number of aliphatic hydroxyl groups excluding tert-OH is 1. The van der Waals surface area contributed by atoms with Gasteiger partial charge in [-0.2, -0.15) is 0 Å². The van der Waals surface area contributed by atoms with Crippen molar-refractivity contribution in [1.29, 1.82) is 0 Å². The minimum absolute atomic E-state index is 0.0469. The zero-order chi connectivity index (χ0) is 27.7. The number of ketones is 1. The van der Waals surface area contributed by atoms with Crippen molar-refractivity contribution in [3.05, 3.63) is 48.6 Å². The normalized spacial score (nSPS) is 27.6. The molecule has 3 aliphatic rings. The zero-order valence-electron chi connectivity index (χ0n) is 22.3. The highest BCUT2D eigenvalue weighted by atomic mass is 32.2. The van der Waals surface area contributed by atoms with Gasteiger partial charge in [-0.25, -0.2) is 0 Å². The van der Waals surface area contributed by atoms with E-state index in [4.69, 9.17) is 43.4 Å². The number of thiocarbonyl (C=S) groups is 2. The summed E-state index contributed by atoms with van der Waals surface area (Å²) in [6.45, 7) is 1.90. The Bertz CT molecular complexity index is 902. The van der Waals surface area contributed by atoms with E-state index in [9.17, 15) is 9.90 Å². The number of rotatable bonds is 18. The quantitative estimate of drug-likeness (QED) is 0.116. The van der Waals surface area contributed by atoms with E-state index in [1.54, 1.807) is 23.5 Å². The average molecular weight is 613 g/mol. The average Bonchev–Trinajstić information content (AvgIpc) is 3.66. The van der Waals surface area contributed by atoms with Gasteiger partial charge in [-0.05, 0) is 74.8 Å². The van der Waals surface area contributed by atoms with Crippen LogP contribution >= 0.6 is 48.0 Å². The molecule has 0 bridgehead atoms. The number of unbranched alkanes of at least 4 members (excludes halogenated alkanes) is 2. The first-order chi connectivity index (χ1) is 19.0. The minimum atomic E-state index is -0.379. The van der Waals surface area contributed by atoms with Crippen LogP contribution in [-0.2, 0) is 23.7 Å². The third kappa shape index (κ3) is 13.0. The molecule has 2 aliphatic heterocycles. The van der Waals surface area contributed by atoms with Gasteiger partial charge >= 0.3 is 0 Å². The van der Waals surface area contributed by atoms with E-state index < -0.39 is 0 Å². The van der Waals surface area contributed by atoms with Crippen molar-refractivity contribution in [2.75, 3.05) is 44.5 Å². The predicted molar refractivity (Wildman–Crippen MR) is 168 cm³/mol. The number of aliphatic hydroxyl groups is 1. The molecule has 2 saturated heterocycles. The van der Waals surface area contributed by atoms with Crippen LogP contribution in [0.25, 0.3) is 0 Å². The summed E-state index contributed by atoms with van der Waals surface area (Å²) < 4.78 is 23.4. The summed E-state index contributed by atoms with van der Waals surface area (Å²) in [5.41, 5.74) is 0. The Morgan fingerprint density at radius 3 is 1.87 bits per heavy atom. The highest BCUT2D eigenvalue weighted by Gasteiger charge is 2.35. The summed E-state index contributed by atoms with van der Waals surface area (Å²) in [5, 5.41) is 9.44. The molecule has 39 heavy (non-hydrogen) atoms. The second-order valence-corrected chi connectivity index (χ2v) is 13.0. The molecule has 216 valence electrons. The molecule has 10 heteroatoms. The molecule has 5 atom stereocenters. The van der Waals surface area contributed by atoms with Crippen LogP contribution in [0.2, 0.25) is 0 Å². The van der Waals surface area contributed by atoms with E-state index >= 15 is 0 Å². The van der Waals surface area contributed by atoms with Crippen molar-refractivity contribution in [3.8, 4) is 0 Å². The highest BCUT2D eigenvalue weighted by molar-refractivity contribution is 8.23. The third-order valence-corrected chi connectivity index (χ3v) is 9.32. The number of thioether (sulfide) groups is 2. The van der Waals surface area contributed by atoms with Crippen LogP contribution in [0.1, 0.15) is 38.5 Å². The topological polar surface area (TPSA) is 74.2 Å². The van der Waals surface area contributed by atoms with Crippen LogP contribution in [0.4, 0.5) is 0 Å². The molecular formula is C29H40O6S4. The largest absolute Gasteiger partial charge is 0.472 e. The molecule has 0 aromatic carbocycles. The summed E-state index contributed by atoms with van der Waals surface area (Å²) in [6.07, 6.45) is 22.8. The fourth-order valence-corrected chi connectivity index (χ4v) is 6.78. The van der Waals surface area contributed by atoms with Crippen molar-refractivity contribution >= 4 is 62.5 Å². The fraction of sp³-hybridized carbons (Fsp3) is 0.621. The van der Waals surface area contributed by atoms with E-state index in [-0.39, 0.29) is 36.4 Å². The SMILES string of the molecule is O=C(CO)C1CC(/C=C/CC/C=C/COCC2CSC(=S)O2)CC1/C=C/CC/C=C/COCC1CSC(=S)O1. The molecule has 3 rings (SSSR count). The smallest absolute Gasteiger partial charge is 0.220 e. The second-order valence-electron chi connectivity index (χ2n) is 9.76. The molecule has 0 radical (unpaired) electrons. The molecule has 1 N–H and O–H groups in total. The van der Waals surface area contributed by atoms with Gasteiger partial charge in [-0.3, -0.25) is 4.79 Å². The van der Waals surface area contributed by atoms with Gasteiger partial charge in [0.1, 0.15) is 18.8 Å². The van der Waals surface area contributed by atoms with E-state index in [0.29, 0.717) is 41.1 Å². The molecule has 1 aliphatic carbocycles. The molecule has 0 aromatic rings. The first-order valence-corrected chi connectivity index (χ1v) is 16.4. The number of carbonyl (C=O) groups is 1. The van der Waals surface area contributed by atoms with Gasteiger partial charge in [-0.1, -0.05) is 72.1 Å². The number of ether oxygens (including phenoxy) is 4. The van der Waals surface area contributed by atoms with E-state index in [1.807, 2.05) is 12.2 Å². The lowest BCUT2D eigenvalue weighted by Crippen LogP contribution is -2.20. The maximum absolute atomic E-state index is 12.3. The molecular weight excluding hydrogens is 573 g/mol. The lowest BCUT2D eigenvalue weighted by Gasteiger charge is -2.13. The Morgan fingerprint density at radius 2 is 1.36 bits per heavy atom. The summed E-state index contributed by atoms with van der Waals surface area (Å²) in [4.78, 5) is 12.3. The van der Waals surface area contributed by atoms with Gasteiger partial charge in [0, 0.05) is 17.4 Å². The Kier molecular flexibility index (Phi) is 16.0. The zero-order valence-corrected chi connectivity index (χ0v) is 25.6. The van der Waals surface area contributed by atoms with E-state index in [0.717, 1.165) is 50.0 Å². The lowest BCUT2D eigenvalue weighted by molar-refractivity contribution is -0.126. The molecule has 1 saturated carbocycles. The van der Waals surface area contributed by atoms with E-state index in [1.165, 1.54) is 0 Å². The first-order valence-electron chi connectivity index (χ1n) is 13.6. The Labute approximate surface area is 252 Å². The minimum Gasteiger partial charge on any atom is -0.472 e. The van der Waals surface area contributed by atoms with Crippen LogP contribution in [-0.4, -0.2) is 76.4 Å². The van der Waals surface area contributed by atoms with Crippen LogP contribution in [0, 0.1) is 17.8 Å². The Morgan fingerprint density at radius 1 is 0.821 bits per heavy atom. The van der Waals surface area contributed by atoms with Gasteiger partial charge in [0.15, 0.2) is 5.78 Å². The van der Waals surface area contributed by atoms with Crippen LogP contribution < -0.4 is 0 Å². The number of carbonyl (C=O) groups excluding carboxylic acids is 1. The molecule has 3 fully saturated rings. The molecule has 0 aromatic heterocycles. The van der Waals surface area contributed by atoms with Gasteiger partial charge < -0.3 is 24.1 Å². The Balaban J connectivity index is 1.26. The number of Topliss-reactive ketones (excluding diaryl/α,β-unsaturated/α-hetero) is 1. The van der Waals surface area contributed by atoms with Crippen LogP contribution in [0.3, 0.4) is 0 Å². The lowest BCUT2D eigenvalue weighted by atomic mass is 9.91. The monoisotopic (exact) mass is 612 g/mol. The summed E-state index contributed by atoms with van der Waals surface area (Å²) in [6, 6.07) is 0. The molecule has 0 spiro atoms. The number of allylic oxidation sites excluding steroid dienone is 6. The maximum atomic E-state index is 12.3. The summed E-state index contributed by atoms with van der Waals surface area (Å²) >= 11 is 13.1. The fourth-order valence-electron chi connectivity index (χ4n) is 4.71. The molecule has 6 nitrogen and oxygen atoms in total. The van der Waals surface area contributed by atoms with Crippen molar-refractivity contribution < 1.29 is 28.8 Å². The van der Waals surface area contributed by atoms with Crippen molar-refractivity contribution in [2.24, 2.45) is 17.8 Å². The second kappa shape index (κ2) is 19.2. The van der Waals surface area contributed by atoms with Crippen molar-refractivity contribution in [2.45, 2.75) is 50.7 Å². The van der Waals surface area contributed by atoms with Gasteiger partial charge in [0.05, 0.1) is 26.4 Å². The third-order valence-electron chi connectivity index (χ3n) is 6.68. The molecule has 0 amide bonds. The highest BCUT2D eigenvalue weighted by Crippen LogP contribution is 2.39. The Hall–Kier alpha value is -1.01. The van der Waals surface area contributed by atoms with Crippen LogP contribution in [0.5, 0.6) is 0 Å². The van der Waals surface area contributed by atoms with E-state index in [2.05, 4.69) is 36.5 Å². The van der Waals surface area contributed by atoms with Crippen LogP contribution in [0.15, 0.2) is 48.6 Å². The standard InChI is InChI=1S/C29H40O6S4/c30-17-27(31)26-16-22(11-7-3-1-5-9-13-32-18-24-20-38-28(36)34-24)15-23(26)12-8-4-2-6-10-14-33-19-25-21-39-29(37)35-25/h5-12,22-26,30H,1-4,13-21H2/b9-5+,10-6+,11-7+,12-8+.